The van der Waals surface area contributed by atoms with Crippen LogP contribution in [0.2, 0.25) is 0 Å². The molecule has 0 fully saturated rings. The zero-order valence-electron chi connectivity index (χ0n) is 19.5. The van der Waals surface area contributed by atoms with E-state index in [0.717, 1.165) is 38.1 Å². The lowest BCUT2D eigenvalue weighted by atomic mass is 10.0. The van der Waals surface area contributed by atoms with Gasteiger partial charge in [-0.15, -0.1) is 11.3 Å². The first-order chi connectivity index (χ1) is 17.0. The SMILES string of the molecule is CCCn1c(=O)n(CCC(=O)Nn2cnc3sc(C)c(-c4ccccc4)c3c2=O)c2ccccc21. The van der Waals surface area contributed by atoms with E-state index in [2.05, 4.69) is 10.4 Å². The van der Waals surface area contributed by atoms with E-state index in [1.165, 1.54) is 17.7 Å². The number of carbonyl (C=O) groups is 1. The van der Waals surface area contributed by atoms with Crippen LogP contribution in [-0.4, -0.2) is 24.7 Å². The van der Waals surface area contributed by atoms with Crippen molar-refractivity contribution in [3.8, 4) is 11.1 Å². The van der Waals surface area contributed by atoms with Gasteiger partial charge in [0.15, 0.2) is 0 Å². The highest BCUT2D eigenvalue weighted by Gasteiger charge is 2.18. The van der Waals surface area contributed by atoms with Crippen molar-refractivity contribution < 1.29 is 4.79 Å². The van der Waals surface area contributed by atoms with Crippen molar-refractivity contribution in [3.63, 3.8) is 0 Å². The highest BCUT2D eigenvalue weighted by molar-refractivity contribution is 7.19. The van der Waals surface area contributed by atoms with Crippen molar-refractivity contribution in [2.75, 3.05) is 5.43 Å². The van der Waals surface area contributed by atoms with Crippen LogP contribution in [0, 0.1) is 6.92 Å². The van der Waals surface area contributed by atoms with Gasteiger partial charge in [0.05, 0.1) is 16.4 Å². The van der Waals surface area contributed by atoms with Crippen molar-refractivity contribution in [1.82, 2.24) is 18.8 Å². The molecule has 5 aromatic rings. The molecule has 0 bridgehead atoms. The largest absolute Gasteiger partial charge is 0.329 e. The predicted octanol–water partition coefficient (Wildman–Crippen LogP) is 4.12. The van der Waals surface area contributed by atoms with Crippen LogP contribution in [0.1, 0.15) is 24.6 Å². The van der Waals surface area contributed by atoms with Gasteiger partial charge in [-0.05, 0) is 31.0 Å². The van der Waals surface area contributed by atoms with Gasteiger partial charge in [-0.3, -0.25) is 24.1 Å². The summed E-state index contributed by atoms with van der Waals surface area (Å²) in [7, 11) is 0. The predicted molar refractivity (Wildman–Crippen MR) is 140 cm³/mol. The summed E-state index contributed by atoms with van der Waals surface area (Å²) in [4.78, 5) is 45.1. The van der Waals surface area contributed by atoms with E-state index in [4.69, 9.17) is 0 Å². The maximum Gasteiger partial charge on any atom is 0.329 e. The summed E-state index contributed by atoms with van der Waals surface area (Å²) in [5.74, 6) is -0.374. The summed E-state index contributed by atoms with van der Waals surface area (Å²) in [5.41, 5.74) is 5.59. The lowest BCUT2D eigenvalue weighted by Crippen LogP contribution is -2.34. The van der Waals surface area contributed by atoms with Gasteiger partial charge >= 0.3 is 5.69 Å². The summed E-state index contributed by atoms with van der Waals surface area (Å²) < 4.78 is 4.48. The summed E-state index contributed by atoms with van der Waals surface area (Å²) in [6, 6.07) is 17.3. The van der Waals surface area contributed by atoms with E-state index in [1.54, 1.807) is 9.13 Å². The molecule has 0 aliphatic heterocycles. The zero-order valence-corrected chi connectivity index (χ0v) is 20.3. The number of hydrogen-bond donors (Lipinski definition) is 1. The molecule has 8 nitrogen and oxygen atoms in total. The Bertz CT molecular complexity index is 1660. The molecule has 5 rings (SSSR count). The number of benzene rings is 2. The summed E-state index contributed by atoms with van der Waals surface area (Å²) >= 11 is 1.45. The molecular formula is C26H25N5O3S. The lowest BCUT2D eigenvalue weighted by Gasteiger charge is -2.09. The van der Waals surface area contributed by atoms with Gasteiger partial charge in [-0.2, -0.15) is 0 Å². The fourth-order valence-electron chi connectivity index (χ4n) is 4.47. The van der Waals surface area contributed by atoms with Crippen LogP contribution in [-0.2, 0) is 17.9 Å². The Morgan fingerprint density at radius 3 is 2.31 bits per heavy atom. The Labute approximate surface area is 205 Å². The Morgan fingerprint density at radius 1 is 0.971 bits per heavy atom. The smallest absolute Gasteiger partial charge is 0.292 e. The molecule has 0 saturated heterocycles. The van der Waals surface area contributed by atoms with Gasteiger partial charge in [-0.25, -0.2) is 14.5 Å². The number of aryl methyl sites for hydroxylation is 3. The second-order valence-corrected chi connectivity index (χ2v) is 9.56. The van der Waals surface area contributed by atoms with Crippen LogP contribution < -0.4 is 16.7 Å². The Morgan fingerprint density at radius 2 is 1.63 bits per heavy atom. The Hall–Kier alpha value is -3.98. The molecule has 35 heavy (non-hydrogen) atoms. The molecule has 0 aliphatic carbocycles. The summed E-state index contributed by atoms with van der Waals surface area (Å²) in [6.07, 6.45) is 2.21. The normalized spacial score (nSPS) is 11.4. The van der Waals surface area contributed by atoms with E-state index in [1.807, 2.05) is 68.4 Å². The number of hydrogen-bond acceptors (Lipinski definition) is 5. The summed E-state index contributed by atoms with van der Waals surface area (Å²) in [5, 5.41) is 0.486. The monoisotopic (exact) mass is 487 g/mol. The number of amides is 1. The lowest BCUT2D eigenvalue weighted by molar-refractivity contribution is -0.117. The number of carbonyl (C=O) groups excluding carboxylic acids is 1. The molecule has 1 N–H and O–H groups in total. The van der Waals surface area contributed by atoms with E-state index < -0.39 is 0 Å². The van der Waals surface area contributed by atoms with Crippen molar-refractivity contribution in [1.29, 1.82) is 0 Å². The van der Waals surface area contributed by atoms with Crippen LogP contribution in [0.25, 0.3) is 32.4 Å². The molecule has 3 aromatic heterocycles. The number of aromatic nitrogens is 4. The van der Waals surface area contributed by atoms with E-state index >= 15 is 0 Å². The molecule has 1 amide bonds. The van der Waals surface area contributed by atoms with Crippen LogP contribution in [0.5, 0.6) is 0 Å². The maximum absolute atomic E-state index is 13.3. The topological polar surface area (TPSA) is 90.9 Å². The van der Waals surface area contributed by atoms with Crippen molar-refractivity contribution in [2.24, 2.45) is 0 Å². The molecule has 178 valence electrons. The quantitative estimate of drug-likeness (QED) is 0.374. The van der Waals surface area contributed by atoms with E-state index in [9.17, 15) is 14.4 Å². The Kier molecular flexibility index (Phi) is 6.08. The third-order valence-electron chi connectivity index (χ3n) is 6.03. The molecule has 0 unspecified atom stereocenters. The van der Waals surface area contributed by atoms with Crippen LogP contribution in [0.4, 0.5) is 0 Å². The molecule has 0 saturated carbocycles. The highest BCUT2D eigenvalue weighted by Crippen LogP contribution is 2.35. The van der Waals surface area contributed by atoms with Crippen molar-refractivity contribution in [2.45, 2.75) is 39.8 Å². The second kappa shape index (κ2) is 9.34. The molecule has 0 atom stereocenters. The minimum atomic E-state index is -0.374. The van der Waals surface area contributed by atoms with Gasteiger partial charge in [0.2, 0.25) is 5.91 Å². The fraction of sp³-hybridized carbons (Fsp3) is 0.231. The van der Waals surface area contributed by atoms with Gasteiger partial charge < -0.3 is 0 Å². The van der Waals surface area contributed by atoms with Gasteiger partial charge in [-0.1, -0.05) is 49.4 Å². The third-order valence-corrected chi connectivity index (χ3v) is 7.04. The molecular weight excluding hydrogens is 462 g/mol. The minimum Gasteiger partial charge on any atom is -0.292 e. The van der Waals surface area contributed by atoms with E-state index in [-0.39, 0.29) is 30.1 Å². The van der Waals surface area contributed by atoms with Crippen LogP contribution in [0.15, 0.2) is 70.5 Å². The molecule has 0 spiro atoms. The summed E-state index contributed by atoms with van der Waals surface area (Å²) in [6.45, 7) is 4.80. The first-order valence-corrected chi connectivity index (χ1v) is 12.3. The second-order valence-electron chi connectivity index (χ2n) is 8.36. The average Bonchev–Trinajstić information content (AvgIpc) is 3.34. The molecule has 2 aromatic carbocycles. The number of para-hydroxylation sites is 2. The number of nitrogens with one attached hydrogen (secondary N) is 1. The van der Waals surface area contributed by atoms with Gasteiger partial charge in [0.25, 0.3) is 5.56 Å². The van der Waals surface area contributed by atoms with E-state index in [0.29, 0.717) is 16.8 Å². The van der Waals surface area contributed by atoms with Crippen LogP contribution in [0.3, 0.4) is 0 Å². The number of nitrogens with zero attached hydrogens (tertiary/aromatic N) is 4. The van der Waals surface area contributed by atoms with Crippen molar-refractivity contribution in [3.05, 3.63) is 86.6 Å². The average molecular weight is 488 g/mol. The zero-order chi connectivity index (χ0) is 24.5. The number of imidazole rings is 1. The number of rotatable bonds is 7. The number of thiophene rings is 1. The molecule has 9 heteroatoms. The Balaban J connectivity index is 1.42. The first-order valence-electron chi connectivity index (χ1n) is 11.5. The molecule has 3 heterocycles. The standard InChI is InChI=1S/C26H25N5O3S/c1-3-14-29-19-11-7-8-12-20(19)30(26(29)34)15-13-21(32)28-31-16-27-24-23(25(31)33)22(17(2)35-24)18-9-5-4-6-10-18/h4-12,16H,3,13-15H2,1-2H3,(H,28,32). The maximum atomic E-state index is 13.3. The molecule has 0 radical (unpaired) electrons. The van der Waals surface area contributed by atoms with Gasteiger partial charge in [0.1, 0.15) is 11.2 Å². The minimum absolute atomic E-state index is 0.0404. The fourth-order valence-corrected chi connectivity index (χ4v) is 5.47. The third kappa shape index (κ3) is 4.08. The van der Waals surface area contributed by atoms with Gasteiger partial charge in [0, 0.05) is 30.0 Å². The highest BCUT2D eigenvalue weighted by atomic mass is 32.1. The molecule has 0 aliphatic rings. The van der Waals surface area contributed by atoms with Crippen LogP contribution >= 0.6 is 11.3 Å². The first kappa shape index (κ1) is 22.8. The van der Waals surface area contributed by atoms with Crippen molar-refractivity contribution >= 4 is 38.5 Å². The number of fused-ring (bicyclic) bond motifs is 2.